The minimum Gasteiger partial charge on any atom is -0.395 e. The molecule has 1 aromatic carbocycles. The fourth-order valence-corrected chi connectivity index (χ4v) is 3.91. The molecule has 0 spiro atoms. The molecule has 10 heteroatoms. The number of carbonyl (C=O) groups excluding carboxylic acids is 2. The number of aliphatic hydroxyl groups excluding tert-OH is 1. The third-order valence-electron chi connectivity index (χ3n) is 5.87. The lowest BCUT2D eigenvalue weighted by Gasteiger charge is -2.29. The normalized spacial score (nSPS) is 18.1. The Labute approximate surface area is 190 Å². The van der Waals surface area contributed by atoms with Crippen LogP contribution >= 0.6 is 0 Å². The van der Waals surface area contributed by atoms with Crippen LogP contribution in [-0.2, 0) is 9.59 Å². The van der Waals surface area contributed by atoms with Crippen molar-refractivity contribution in [1.29, 1.82) is 0 Å². The van der Waals surface area contributed by atoms with Gasteiger partial charge in [-0.2, -0.15) is 19.6 Å². The molecule has 5 rings (SSSR count). The van der Waals surface area contributed by atoms with Crippen molar-refractivity contribution < 1.29 is 14.7 Å². The van der Waals surface area contributed by atoms with Gasteiger partial charge in [0.05, 0.1) is 25.3 Å². The lowest BCUT2D eigenvalue weighted by Crippen LogP contribution is -2.32. The van der Waals surface area contributed by atoms with Crippen LogP contribution in [0, 0.1) is 0 Å². The van der Waals surface area contributed by atoms with E-state index in [4.69, 9.17) is 9.97 Å². The summed E-state index contributed by atoms with van der Waals surface area (Å²) in [6.45, 7) is 2.33. The van der Waals surface area contributed by atoms with E-state index in [2.05, 4.69) is 15.7 Å². The number of hydrogen-bond acceptors (Lipinski definition) is 8. The molecule has 0 unspecified atom stereocenters. The van der Waals surface area contributed by atoms with Crippen molar-refractivity contribution in [3.8, 4) is 0 Å². The van der Waals surface area contributed by atoms with Crippen LogP contribution in [0.15, 0.2) is 42.1 Å². The van der Waals surface area contributed by atoms with E-state index in [1.807, 2.05) is 42.2 Å². The van der Waals surface area contributed by atoms with E-state index in [0.717, 1.165) is 18.4 Å². The molecule has 10 nitrogen and oxygen atoms in total. The number of rotatable bonds is 8. The summed E-state index contributed by atoms with van der Waals surface area (Å²) in [6, 6.07) is 10.2. The first-order valence-corrected chi connectivity index (χ1v) is 11.0. The van der Waals surface area contributed by atoms with Gasteiger partial charge in [-0.15, -0.1) is 0 Å². The highest BCUT2D eigenvalue weighted by Crippen LogP contribution is 2.29. The smallest absolute Gasteiger partial charge is 0.254 e. The SMILES string of the molecule is C[C@@H](c1ccccc1)N(CCO)c1nc(NC2CC2)n2ncc(/C=C3\CC(=O)NC3=O)c2n1. The van der Waals surface area contributed by atoms with Gasteiger partial charge in [-0.25, -0.2) is 0 Å². The summed E-state index contributed by atoms with van der Waals surface area (Å²) >= 11 is 0. The monoisotopic (exact) mass is 447 g/mol. The maximum Gasteiger partial charge on any atom is 0.254 e. The topological polar surface area (TPSA) is 125 Å². The fraction of sp³-hybridized carbons (Fsp3) is 0.348. The van der Waals surface area contributed by atoms with Crippen LogP contribution in [0.25, 0.3) is 11.7 Å². The van der Waals surface area contributed by atoms with E-state index in [1.54, 1.807) is 16.8 Å². The molecule has 2 aliphatic rings. The summed E-state index contributed by atoms with van der Waals surface area (Å²) in [4.78, 5) is 35.2. The van der Waals surface area contributed by atoms with Crippen molar-refractivity contribution in [2.24, 2.45) is 0 Å². The van der Waals surface area contributed by atoms with Crippen molar-refractivity contribution >= 4 is 35.4 Å². The molecule has 3 aromatic rings. The van der Waals surface area contributed by atoms with Crippen LogP contribution < -0.4 is 15.5 Å². The molecule has 170 valence electrons. The summed E-state index contributed by atoms with van der Waals surface area (Å²) in [5.74, 6) is 0.282. The Morgan fingerprint density at radius 1 is 1.27 bits per heavy atom. The van der Waals surface area contributed by atoms with Crippen LogP contribution in [0.3, 0.4) is 0 Å². The summed E-state index contributed by atoms with van der Waals surface area (Å²) in [5.41, 5.74) is 2.58. The molecule has 2 fully saturated rings. The number of hydrogen-bond donors (Lipinski definition) is 3. The number of aliphatic hydroxyl groups is 1. The Morgan fingerprint density at radius 2 is 2.06 bits per heavy atom. The molecule has 1 saturated heterocycles. The van der Waals surface area contributed by atoms with E-state index in [9.17, 15) is 14.7 Å². The largest absolute Gasteiger partial charge is 0.395 e. The van der Waals surface area contributed by atoms with E-state index in [-0.39, 0.29) is 25.0 Å². The van der Waals surface area contributed by atoms with E-state index in [0.29, 0.717) is 41.3 Å². The van der Waals surface area contributed by atoms with Gasteiger partial charge in [0.2, 0.25) is 17.8 Å². The van der Waals surface area contributed by atoms with Crippen LogP contribution in [-0.4, -0.2) is 55.7 Å². The molecular formula is C23H25N7O3. The van der Waals surface area contributed by atoms with Crippen molar-refractivity contribution in [3.05, 3.63) is 53.2 Å². The van der Waals surface area contributed by atoms with Gasteiger partial charge in [-0.3, -0.25) is 14.9 Å². The third-order valence-corrected chi connectivity index (χ3v) is 5.87. The molecular weight excluding hydrogens is 422 g/mol. The number of amides is 2. The van der Waals surface area contributed by atoms with Gasteiger partial charge in [0.15, 0.2) is 5.65 Å². The van der Waals surface area contributed by atoms with Gasteiger partial charge in [-0.05, 0) is 31.4 Å². The highest BCUT2D eigenvalue weighted by molar-refractivity contribution is 6.15. The Hall–Kier alpha value is -3.79. The second kappa shape index (κ2) is 8.62. The average molecular weight is 447 g/mol. The maximum atomic E-state index is 12.1. The summed E-state index contributed by atoms with van der Waals surface area (Å²) < 4.78 is 1.62. The van der Waals surface area contributed by atoms with Crippen molar-refractivity contribution in [2.75, 3.05) is 23.4 Å². The highest BCUT2D eigenvalue weighted by Gasteiger charge is 2.27. The summed E-state index contributed by atoms with van der Waals surface area (Å²) in [6.07, 6.45) is 5.41. The molecule has 1 saturated carbocycles. The fourth-order valence-electron chi connectivity index (χ4n) is 3.91. The zero-order valence-electron chi connectivity index (χ0n) is 18.2. The molecule has 3 N–H and O–H groups in total. The van der Waals surface area contributed by atoms with Crippen molar-refractivity contribution in [3.63, 3.8) is 0 Å². The minimum absolute atomic E-state index is 0.0307. The Kier molecular flexibility index (Phi) is 5.51. The molecule has 0 bridgehead atoms. The van der Waals surface area contributed by atoms with Gasteiger partial charge < -0.3 is 15.3 Å². The minimum atomic E-state index is -0.399. The zero-order valence-corrected chi connectivity index (χ0v) is 18.2. The van der Waals surface area contributed by atoms with E-state index in [1.165, 1.54) is 0 Å². The first kappa shape index (κ1) is 21.1. The maximum absolute atomic E-state index is 12.1. The first-order valence-electron chi connectivity index (χ1n) is 11.0. The predicted molar refractivity (Wildman–Crippen MR) is 122 cm³/mol. The number of aromatic nitrogens is 4. The van der Waals surface area contributed by atoms with Crippen LogP contribution in [0.4, 0.5) is 11.9 Å². The Morgan fingerprint density at radius 3 is 2.73 bits per heavy atom. The molecule has 2 amide bonds. The average Bonchev–Trinajstić information content (AvgIpc) is 3.45. The molecule has 2 aromatic heterocycles. The molecule has 1 aliphatic heterocycles. The molecule has 1 aliphatic carbocycles. The number of benzene rings is 1. The molecule has 0 radical (unpaired) electrons. The summed E-state index contributed by atoms with van der Waals surface area (Å²) in [7, 11) is 0. The van der Waals surface area contributed by atoms with Crippen molar-refractivity contribution in [1.82, 2.24) is 24.9 Å². The second-order valence-electron chi connectivity index (χ2n) is 8.33. The van der Waals surface area contributed by atoms with Crippen LogP contribution in [0.5, 0.6) is 0 Å². The lowest BCUT2D eigenvalue weighted by molar-refractivity contribution is -0.124. The first-order chi connectivity index (χ1) is 16.0. The molecule has 1 atom stereocenters. The number of nitrogens with zero attached hydrogens (tertiary/aromatic N) is 5. The van der Waals surface area contributed by atoms with Gasteiger partial charge in [0, 0.05) is 23.7 Å². The van der Waals surface area contributed by atoms with Gasteiger partial charge in [0.25, 0.3) is 5.91 Å². The third kappa shape index (κ3) is 4.29. The number of nitrogens with one attached hydrogen (secondary N) is 2. The van der Waals surface area contributed by atoms with Crippen LogP contribution in [0.1, 0.15) is 43.4 Å². The predicted octanol–water partition coefficient (Wildman–Crippen LogP) is 1.69. The quantitative estimate of drug-likeness (QED) is 0.352. The van der Waals surface area contributed by atoms with Gasteiger partial charge in [-0.1, -0.05) is 30.3 Å². The Balaban J connectivity index is 1.60. The standard InChI is InChI=1S/C23H25N7O3/c1-14(15-5-3-2-4-6-15)29(9-10-31)22-27-20-17(11-16-12-19(32)26-21(16)33)13-24-30(20)23(28-22)25-18-7-8-18/h2-6,11,13-14,18,31H,7-10,12H2,1H3,(H,25,27,28)(H,26,32,33)/b16-11+/t14-/m0/s1. The molecule has 33 heavy (non-hydrogen) atoms. The number of fused-ring (bicyclic) bond motifs is 1. The number of imide groups is 1. The lowest BCUT2D eigenvalue weighted by atomic mass is 10.1. The summed E-state index contributed by atoms with van der Waals surface area (Å²) in [5, 5.41) is 19.9. The number of carbonyl (C=O) groups is 2. The van der Waals surface area contributed by atoms with Crippen LogP contribution in [0.2, 0.25) is 0 Å². The zero-order chi connectivity index (χ0) is 22.9. The van der Waals surface area contributed by atoms with Crippen molar-refractivity contribution in [2.45, 2.75) is 38.3 Å². The van der Waals surface area contributed by atoms with Gasteiger partial charge in [0.1, 0.15) is 0 Å². The van der Waals surface area contributed by atoms with Gasteiger partial charge >= 0.3 is 0 Å². The van der Waals surface area contributed by atoms with E-state index >= 15 is 0 Å². The highest BCUT2D eigenvalue weighted by atomic mass is 16.3. The Bertz CT molecular complexity index is 1230. The second-order valence-corrected chi connectivity index (χ2v) is 8.33. The molecule has 3 heterocycles. The van der Waals surface area contributed by atoms with E-state index < -0.39 is 5.91 Å². The number of anilines is 2.